The number of piperidine rings is 1. The van der Waals surface area contributed by atoms with Crippen molar-refractivity contribution in [2.75, 3.05) is 6.54 Å². The van der Waals surface area contributed by atoms with E-state index in [0.29, 0.717) is 30.0 Å². The van der Waals surface area contributed by atoms with E-state index in [2.05, 4.69) is 31.0 Å². The van der Waals surface area contributed by atoms with Gasteiger partial charge in [0.05, 0.1) is 0 Å². The van der Waals surface area contributed by atoms with Crippen molar-refractivity contribution in [3.63, 3.8) is 0 Å². The highest BCUT2D eigenvalue weighted by Gasteiger charge is 2.34. The van der Waals surface area contributed by atoms with Gasteiger partial charge in [0.1, 0.15) is 0 Å². The maximum absolute atomic E-state index is 12.4. The second-order valence-electron chi connectivity index (χ2n) is 6.12. The van der Waals surface area contributed by atoms with Gasteiger partial charge in [-0.3, -0.25) is 4.79 Å². The summed E-state index contributed by atoms with van der Waals surface area (Å²) in [5, 5.41) is 3.65. The van der Waals surface area contributed by atoms with E-state index in [1.54, 1.807) is 0 Å². The largest absolute Gasteiger partial charge is 0.340 e. The average molecular weight is 252 g/mol. The first kappa shape index (κ1) is 13.9. The Morgan fingerprint density at radius 1 is 1.28 bits per heavy atom. The molecule has 0 radical (unpaired) electrons. The van der Waals surface area contributed by atoms with Gasteiger partial charge in [-0.2, -0.15) is 0 Å². The van der Waals surface area contributed by atoms with Gasteiger partial charge in [-0.15, -0.1) is 0 Å². The lowest BCUT2D eigenvalue weighted by molar-refractivity contribution is -0.134. The minimum absolute atomic E-state index is 0.373. The van der Waals surface area contributed by atoms with Crippen molar-refractivity contribution in [2.24, 2.45) is 5.92 Å². The van der Waals surface area contributed by atoms with Crippen molar-refractivity contribution in [1.29, 1.82) is 0 Å². The number of rotatable bonds is 5. The minimum Gasteiger partial charge on any atom is -0.340 e. The molecule has 0 aromatic rings. The number of carbonyl (C=O) groups excluding carboxylic acids is 1. The Hall–Kier alpha value is -0.570. The summed E-state index contributed by atoms with van der Waals surface area (Å²) in [7, 11) is 0. The molecule has 2 aliphatic heterocycles. The van der Waals surface area contributed by atoms with E-state index < -0.39 is 0 Å². The zero-order chi connectivity index (χ0) is 13.1. The summed E-state index contributed by atoms with van der Waals surface area (Å²) in [5.41, 5.74) is 0. The van der Waals surface area contributed by atoms with Crippen molar-refractivity contribution in [3.05, 3.63) is 0 Å². The van der Waals surface area contributed by atoms with Crippen molar-refractivity contribution in [1.82, 2.24) is 10.2 Å². The molecule has 2 fully saturated rings. The van der Waals surface area contributed by atoms with Gasteiger partial charge in [-0.05, 0) is 51.9 Å². The second-order valence-corrected chi connectivity index (χ2v) is 6.12. The van der Waals surface area contributed by atoms with Gasteiger partial charge < -0.3 is 10.2 Å². The maximum Gasteiger partial charge on any atom is 0.223 e. The van der Waals surface area contributed by atoms with Crippen LogP contribution in [0.3, 0.4) is 0 Å². The van der Waals surface area contributed by atoms with Crippen LogP contribution in [0.4, 0.5) is 0 Å². The van der Waals surface area contributed by atoms with E-state index in [9.17, 15) is 4.79 Å². The molecule has 2 bridgehead atoms. The van der Waals surface area contributed by atoms with Crippen LogP contribution in [-0.4, -0.2) is 35.5 Å². The fraction of sp³-hybridized carbons (Fsp3) is 0.933. The zero-order valence-electron chi connectivity index (χ0n) is 12.1. The first-order valence-electron chi connectivity index (χ1n) is 7.69. The molecular formula is C15H28N2O. The lowest BCUT2D eigenvalue weighted by Gasteiger charge is -2.32. The predicted octanol–water partition coefficient (Wildman–Crippen LogP) is 2.55. The molecule has 3 unspecified atom stereocenters. The number of fused-ring (bicyclic) bond motifs is 2. The van der Waals surface area contributed by atoms with Gasteiger partial charge in [0.25, 0.3) is 0 Å². The Balaban J connectivity index is 1.86. The third kappa shape index (κ3) is 3.05. The molecule has 104 valence electrons. The molecule has 2 saturated heterocycles. The molecule has 0 aromatic carbocycles. The molecular weight excluding hydrogens is 224 g/mol. The standard InChI is InChI=1S/C15H28N2O/c1-4-11(3)17(5-2)15(18)10-12-8-13-6-7-14(9-12)16-13/h11-14,16H,4-10H2,1-3H3. The van der Waals surface area contributed by atoms with Crippen LogP contribution in [0.1, 0.15) is 59.3 Å². The van der Waals surface area contributed by atoms with Crippen LogP contribution in [0.5, 0.6) is 0 Å². The van der Waals surface area contributed by atoms with Gasteiger partial charge >= 0.3 is 0 Å². The summed E-state index contributed by atoms with van der Waals surface area (Å²) in [6, 6.07) is 1.78. The number of hydrogen-bond donors (Lipinski definition) is 1. The lowest BCUT2D eigenvalue weighted by Crippen LogP contribution is -2.42. The first-order valence-corrected chi connectivity index (χ1v) is 7.69. The average Bonchev–Trinajstić information content (AvgIpc) is 2.69. The van der Waals surface area contributed by atoms with Crippen LogP contribution in [0, 0.1) is 5.92 Å². The Labute approximate surface area is 111 Å². The molecule has 0 spiro atoms. The highest BCUT2D eigenvalue weighted by molar-refractivity contribution is 5.76. The van der Waals surface area contributed by atoms with Crippen LogP contribution in [0.25, 0.3) is 0 Å². The Kier molecular flexibility index (Phi) is 4.66. The zero-order valence-corrected chi connectivity index (χ0v) is 12.1. The quantitative estimate of drug-likeness (QED) is 0.815. The predicted molar refractivity (Wildman–Crippen MR) is 74.4 cm³/mol. The highest BCUT2D eigenvalue weighted by atomic mass is 16.2. The summed E-state index contributed by atoms with van der Waals surface area (Å²) < 4.78 is 0. The van der Waals surface area contributed by atoms with Crippen molar-refractivity contribution in [2.45, 2.75) is 77.4 Å². The van der Waals surface area contributed by atoms with Crippen LogP contribution < -0.4 is 5.32 Å². The van der Waals surface area contributed by atoms with E-state index in [1.165, 1.54) is 25.7 Å². The Bertz CT molecular complexity index is 280. The number of amides is 1. The summed E-state index contributed by atoms with van der Waals surface area (Å²) >= 11 is 0. The SMILES string of the molecule is CCC(C)N(CC)C(=O)CC1CC2CCC(C1)N2. The number of carbonyl (C=O) groups is 1. The van der Waals surface area contributed by atoms with Crippen molar-refractivity contribution in [3.8, 4) is 0 Å². The van der Waals surface area contributed by atoms with E-state index in [-0.39, 0.29) is 0 Å². The smallest absolute Gasteiger partial charge is 0.223 e. The lowest BCUT2D eigenvalue weighted by atomic mass is 9.89. The molecule has 2 aliphatic rings. The second kappa shape index (κ2) is 6.05. The van der Waals surface area contributed by atoms with Crippen LogP contribution in [0.15, 0.2) is 0 Å². The first-order chi connectivity index (χ1) is 8.63. The molecule has 0 aromatic heterocycles. The van der Waals surface area contributed by atoms with E-state index in [4.69, 9.17) is 0 Å². The number of nitrogens with one attached hydrogen (secondary N) is 1. The van der Waals surface area contributed by atoms with Gasteiger partial charge in [0.15, 0.2) is 0 Å². The van der Waals surface area contributed by atoms with Gasteiger partial charge in [-0.25, -0.2) is 0 Å². The van der Waals surface area contributed by atoms with Crippen LogP contribution in [0.2, 0.25) is 0 Å². The molecule has 2 rings (SSSR count). The van der Waals surface area contributed by atoms with E-state index >= 15 is 0 Å². The molecule has 18 heavy (non-hydrogen) atoms. The molecule has 0 aliphatic carbocycles. The fourth-order valence-electron chi connectivity index (χ4n) is 3.66. The maximum atomic E-state index is 12.4. The molecule has 3 atom stereocenters. The van der Waals surface area contributed by atoms with Crippen molar-refractivity contribution < 1.29 is 4.79 Å². The summed E-state index contributed by atoms with van der Waals surface area (Å²) in [4.78, 5) is 14.4. The van der Waals surface area contributed by atoms with Crippen LogP contribution in [-0.2, 0) is 4.79 Å². The molecule has 3 nitrogen and oxygen atoms in total. The van der Waals surface area contributed by atoms with Crippen LogP contribution >= 0.6 is 0 Å². The van der Waals surface area contributed by atoms with Gasteiger partial charge in [-0.1, -0.05) is 6.92 Å². The van der Waals surface area contributed by atoms with E-state index in [1.807, 2.05) is 0 Å². The fourth-order valence-corrected chi connectivity index (χ4v) is 3.66. The molecule has 3 heteroatoms. The molecule has 1 N–H and O–H groups in total. The van der Waals surface area contributed by atoms with Gasteiger partial charge in [0.2, 0.25) is 5.91 Å². The Morgan fingerprint density at radius 2 is 1.89 bits per heavy atom. The molecule has 2 heterocycles. The van der Waals surface area contributed by atoms with E-state index in [0.717, 1.165) is 19.4 Å². The highest BCUT2D eigenvalue weighted by Crippen LogP contribution is 2.33. The summed E-state index contributed by atoms with van der Waals surface area (Å²) in [6.07, 6.45) is 6.88. The Morgan fingerprint density at radius 3 is 2.39 bits per heavy atom. The number of nitrogens with zero attached hydrogens (tertiary/aromatic N) is 1. The summed E-state index contributed by atoms with van der Waals surface area (Å²) in [5.74, 6) is 0.993. The topological polar surface area (TPSA) is 32.3 Å². The molecule has 0 saturated carbocycles. The normalized spacial score (nSPS) is 32.3. The number of hydrogen-bond acceptors (Lipinski definition) is 2. The van der Waals surface area contributed by atoms with Gasteiger partial charge in [0, 0.05) is 31.1 Å². The van der Waals surface area contributed by atoms with Crippen molar-refractivity contribution >= 4 is 5.91 Å². The monoisotopic (exact) mass is 252 g/mol. The summed E-state index contributed by atoms with van der Waals surface area (Å²) in [6.45, 7) is 7.26. The third-order valence-electron chi connectivity index (χ3n) is 4.82. The third-order valence-corrected chi connectivity index (χ3v) is 4.82. The molecule has 1 amide bonds. The minimum atomic E-state index is 0.373.